The van der Waals surface area contributed by atoms with E-state index in [-0.39, 0.29) is 6.04 Å². The van der Waals surface area contributed by atoms with Gasteiger partial charge in [0.15, 0.2) is 0 Å². The zero-order valence-corrected chi connectivity index (χ0v) is 12.2. The molecule has 2 aromatic heterocycles. The molecule has 1 aliphatic rings. The van der Waals surface area contributed by atoms with E-state index in [9.17, 15) is 0 Å². The monoisotopic (exact) mass is 274 g/mol. The van der Waals surface area contributed by atoms with Gasteiger partial charge in [-0.3, -0.25) is 0 Å². The number of imidazole rings is 1. The molecule has 0 bridgehead atoms. The molecule has 0 amide bonds. The van der Waals surface area contributed by atoms with Crippen LogP contribution in [0, 0.1) is 6.92 Å². The van der Waals surface area contributed by atoms with Crippen molar-refractivity contribution in [3.8, 4) is 0 Å². The van der Waals surface area contributed by atoms with Crippen molar-refractivity contribution in [3.63, 3.8) is 0 Å². The first-order valence-electron chi connectivity index (χ1n) is 7.40. The Bertz CT molecular complexity index is 570. The van der Waals surface area contributed by atoms with Gasteiger partial charge in [0, 0.05) is 25.2 Å². The SMILES string of the molecule is Cc1[nH]cnc1CNC(C)c1nnc2n1CCCCC2. The van der Waals surface area contributed by atoms with Crippen LogP contribution in [0.4, 0.5) is 0 Å². The predicted octanol–water partition coefficient (Wildman–Crippen LogP) is 1.89. The fourth-order valence-corrected chi connectivity index (χ4v) is 2.73. The highest BCUT2D eigenvalue weighted by Gasteiger charge is 2.19. The summed E-state index contributed by atoms with van der Waals surface area (Å²) in [5.74, 6) is 2.19. The highest BCUT2D eigenvalue weighted by Crippen LogP contribution is 2.18. The summed E-state index contributed by atoms with van der Waals surface area (Å²) in [6.07, 6.45) is 6.53. The van der Waals surface area contributed by atoms with Gasteiger partial charge in [0.2, 0.25) is 0 Å². The largest absolute Gasteiger partial charge is 0.348 e. The lowest BCUT2D eigenvalue weighted by Crippen LogP contribution is -2.22. The highest BCUT2D eigenvalue weighted by atomic mass is 15.3. The molecule has 3 heterocycles. The Hall–Kier alpha value is -1.69. The van der Waals surface area contributed by atoms with E-state index in [0.29, 0.717) is 0 Å². The maximum absolute atomic E-state index is 4.38. The van der Waals surface area contributed by atoms with Crippen molar-refractivity contribution in [2.75, 3.05) is 0 Å². The lowest BCUT2D eigenvalue weighted by Gasteiger charge is -2.14. The molecular weight excluding hydrogens is 252 g/mol. The molecule has 6 nitrogen and oxygen atoms in total. The van der Waals surface area contributed by atoms with Gasteiger partial charge in [-0.05, 0) is 26.7 Å². The number of nitrogens with zero attached hydrogens (tertiary/aromatic N) is 4. The van der Waals surface area contributed by atoms with Crippen LogP contribution in [0.3, 0.4) is 0 Å². The molecule has 0 saturated heterocycles. The zero-order valence-electron chi connectivity index (χ0n) is 12.2. The summed E-state index contributed by atoms with van der Waals surface area (Å²) >= 11 is 0. The van der Waals surface area contributed by atoms with Crippen LogP contribution in [0.2, 0.25) is 0 Å². The Morgan fingerprint density at radius 1 is 1.35 bits per heavy atom. The summed E-state index contributed by atoms with van der Waals surface area (Å²) in [5, 5.41) is 12.2. The third kappa shape index (κ3) is 2.60. The standard InChI is InChI=1S/C14H22N6/c1-10-12(17-9-16-10)8-15-11(2)14-19-18-13-6-4-3-5-7-20(13)14/h9,11,15H,3-8H2,1-2H3,(H,16,17). The van der Waals surface area contributed by atoms with Crippen LogP contribution in [-0.4, -0.2) is 24.7 Å². The average molecular weight is 274 g/mol. The van der Waals surface area contributed by atoms with Gasteiger partial charge in [0.25, 0.3) is 0 Å². The minimum atomic E-state index is 0.186. The molecule has 0 aliphatic carbocycles. The second-order valence-electron chi connectivity index (χ2n) is 5.51. The fourth-order valence-electron chi connectivity index (χ4n) is 2.73. The second-order valence-corrected chi connectivity index (χ2v) is 5.51. The summed E-state index contributed by atoms with van der Waals surface area (Å²) in [7, 11) is 0. The number of fused-ring (bicyclic) bond motifs is 1. The molecule has 20 heavy (non-hydrogen) atoms. The lowest BCUT2D eigenvalue weighted by molar-refractivity contribution is 0.498. The molecule has 1 aliphatic heterocycles. The van der Waals surface area contributed by atoms with Gasteiger partial charge in [0.05, 0.1) is 18.1 Å². The number of aromatic nitrogens is 5. The third-order valence-electron chi connectivity index (χ3n) is 4.04. The first-order chi connectivity index (χ1) is 9.75. The van der Waals surface area contributed by atoms with Crippen LogP contribution >= 0.6 is 0 Å². The molecule has 0 aromatic carbocycles. The Kier molecular flexibility index (Phi) is 3.82. The van der Waals surface area contributed by atoms with Crippen molar-refractivity contribution in [2.45, 2.75) is 58.7 Å². The smallest absolute Gasteiger partial charge is 0.149 e. The Labute approximate surface area is 119 Å². The van der Waals surface area contributed by atoms with Crippen molar-refractivity contribution in [3.05, 3.63) is 29.4 Å². The molecule has 0 radical (unpaired) electrons. The van der Waals surface area contributed by atoms with E-state index < -0.39 is 0 Å². The molecule has 3 rings (SSSR count). The summed E-state index contributed by atoms with van der Waals surface area (Å²) in [6.45, 7) is 5.98. The molecule has 0 spiro atoms. The van der Waals surface area contributed by atoms with Crippen molar-refractivity contribution in [1.29, 1.82) is 0 Å². The maximum Gasteiger partial charge on any atom is 0.149 e. The Morgan fingerprint density at radius 3 is 3.05 bits per heavy atom. The van der Waals surface area contributed by atoms with Crippen LogP contribution < -0.4 is 5.32 Å². The van der Waals surface area contributed by atoms with Gasteiger partial charge in [-0.2, -0.15) is 0 Å². The van der Waals surface area contributed by atoms with E-state index in [2.05, 4.69) is 37.0 Å². The van der Waals surface area contributed by atoms with Crippen molar-refractivity contribution < 1.29 is 0 Å². The van der Waals surface area contributed by atoms with E-state index in [1.165, 1.54) is 19.3 Å². The molecule has 2 N–H and O–H groups in total. The Balaban J connectivity index is 1.69. The van der Waals surface area contributed by atoms with Gasteiger partial charge in [-0.15, -0.1) is 10.2 Å². The first kappa shape index (κ1) is 13.3. The van der Waals surface area contributed by atoms with E-state index in [1.54, 1.807) is 6.33 Å². The van der Waals surface area contributed by atoms with Gasteiger partial charge >= 0.3 is 0 Å². The van der Waals surface area contributed by atoms with Crippen LogP contribution in [0.1, 0.15) is 55.3 Å². The van der Waals surface area contributed by atoms with E-state index in [4.69, 9.17) is 0 Å². The first-order valence-corrected chi connectivity index (χ1v) is 7.40. The molecule has 1 atom stereocenters. The summed E-state index contributed by atoms with van der Waals surface area (Å²) < 4.78 is 2.29. The van der Waals surface area contributed by atoms with Gasteiger partial charge < -0.3 is 14.9 Å². The number of H-pyrrole nitrogens is 1. The van der Waals surface area contributed by atoms with Gasteiger partial charge in [-0.1, -0.05) is 6.42 Å². The molecule has 2 aromatic rings. The van der Waals surface area contributed by atoms with E-state index in [0.717, 1.165) is 42.5 Å². The number of aryl methyl sites for hydroxylation is 2. The van der Waals surface area contributed by atoms with Crippen LogP contribution in [0.25, 0.3) is 0 Å². The van der Waals surface area contributed by atoms with Crippen LogP contribution in [0.5, 0.6) is 0 Å². The predicted molar refractivity (Wildman–Crippen MR) is 76.2 cm³/mol. The average Bonchev–Trinajstić information content (AvgIpc) is 2.96. The molecule has 0 fully saturated rings. The minimum Gasteiger partial charge on any atom is -0.348 e. The number of rotatable bonds is 4. The number of aromatic amines is 1. The van der Waals surface area contributed by atoms with Crippen LogP contribution in [0.15, 0.2) is 6.33 Å². The lowest BCUT2D eigenvalue weighted by atomic mass is 10.2. The molecule has 108 valence electrons. The number of hydrogen-bond acceptors (Lipinski definition) is 4. The maximum atomic E-state index is 4.38. The van der Waals surface area contributed by atoms with Crippen LogP contribution in [-0.2, 0) is 19.5 Å². The van der Waals surface area contributed by atoms with Gasteiger partial charge in [-0.25, -0.2) is 4.98 Å². The van der Waals surface area contributed by atoms with Crippen molar-refractivity contribution >= 4 is 0 Å². The number of hydrogen-bond donors (Lipinski definition) is 2. The Morgan fingerprint density at radius 2 is 2.25 bits per heavy atom. The topological polar surface area (TPSA) is 71.4 Å². The summed E-state index contributed by atoms with van der Waals surface area (Å²) in [5.41, 5.74) is 2.18. The van der Waals surface area contributed by atoms with E-state index in [1.807, 2.05) is 6.92 Å². The molecular formula is C14H22N6. The fraction of sp³-hybridized carbons (Fsp3) is 0.643. The highest BCUT2D eigenvalue weighted by molar-refractivity contribution is 5.09. The summed E-state index contributed by atoms with van der Waals surface area (Å²) in [4.78, 5) is 7.41. The zero-order chi connectivity index (χ0) is 13.9. The van der Waals surface area contributed by atoms with Crippen molar-refractivity contribution in [1.82, 2.24) is 30.0 Å². The molecule has 6 heteroatoms. The second kappa shape index (κ2) is 5.75. The third-order valence-corrected chi connectivity index (χ3v) is 4.04. The number of nitrogens with one attached hydrogen (secondary N) is 2. The van der Waals surface area contributed by atoms with Gasteiger partial charge in [0.1, 0.15) is 11.6 Å². The van der Waals surface area contributed by atoms with Crippen molar-refractivity contribution in [2.24, 2.45) is 0 Å². The molecule has 0 saturated carbocycles. The molecule has 1 unspecified atom stereocenters. The normalized spacial score (nSPS) is 16.7. The minimum absolute atomic E-state index is 0.186. The van der Waals surface area contributed by atoms with E-state index >= 15 is 0 Å². The quantitative estimate of drug-likeness (QED) is 0.893. The summed E-state index contributed by atoms with van der Waals surface area (Å²) in [6, 6.07) is 0.186.